The molecule has 0 fully saturated rings. The second-order valence-electron chi connectivity index (χ2n) is 6.64. The number of oxime groups is 1. The number of para-hydroxylation sites is 1. The van der Waals surface area contributed by atoms with Gasteiger partial charge in [0.1, 0.15) is 12.7 Å². The van der Waals surface area contributed by atoms with Crippen LogP contribution < -0.4 is 0 Å². The van der Waals surface area contributed by atoms with Crippen LogP contribution in [0.1, 0.15) is 33.3 Å². The standard InChI is InChI=1S/C19H24N2O5/c1-6-25-17(22)15(20-24-5)11-13-12-21(18(23)26-19(2,3)4)16-10-8-7-9-14(13)16/h7-10,12H,6,11H2,1-5H3/b20-15-. The summed E-state index contributed by atoms with van der Waals surface area (Å²) in [6, 6.07) is 7.40. The van der Waals surface area contributed by atoms with Crippen molar-refractivity contribution in [3.05, 3.63) is 36.0 Å². The Morgan fingerprint density at radius 1 is 1.19 bits per heavy atom. The molecule has 26 heavy (non-hydrogen) atoms. The Morgan fingerprint density at radius 2 is 1.88 bits per heavy atom. The van der Waals surface area contributed by atoms with Gasteiger partial charge in [-0.3, -0.25) is 4.57 Å². The molecule has 7 nitrogen and oxygen atoms in total. The van der Waals surface area contributed by atoms with Crippen molar-refractivity contribution in [2.75, 3.05) is 13.7 Å². The summed E-state index contributed by atoms with van der Waals surface area (Å²) in [5.74, 6) is -0.552. The Morgan fingerprint density at radius 3 is 2.50 bits per heavy atom. The van der Waals surface area contributed by atoms with E-state index in [1.807, 2.05) is 45.0 Å². The molecule has 7 heteroatoms. The quantitative estimate of drug-likeness (QED) is 0.463. The lowest BCUT2D eigenvalue weighted by Crippen LogP contribution is -2.26. The maximum Gasteiger partial charge on any atom is 0.419 e. The van der Waals surface area contributed by atoms with Crippen molar-refractivity contribution in [2.45, 2.75) is 39.7 Å². The van der Waals surface area contributed by atoms with Gasteiger partial charge >= 0.3 is 12.1 Å². The summed E-state index contributed by atoms with van der Waals surface area (Å²) < 4.78 is 11.9. The van der Waals surface area contributed by atoms with Crippen molar-refractivity contribution in [3.63, 3.8) is 0 Å². The van der Waals surface area contributed by atoms with Gasteiger partial charge < -0.3 is 14.3 Å². The highest BCUT2D eigenvalue weighted by Gasteiger charge is 2.23. The third-order valence-electron chi connectivity index (χ3n) is 3.46. The highest BCUT2D eigenvalue weighted by Crippen LogP contribution is 2.23. The molecule has 1 heterocycles. The van der Waals surface area contributed by atoms with E-state index in [2.05, 4.69) is 5.16 Å². The minimum absolute atomic E-state index is 0.126. The van der Waals surface area contributed by atoms with Crippen LogP contribution in [0.5, 0.6) is 0 Å². The molecule has 0 saturated heterocycles. The molecule has 0 aliphatic carbocycles. The molecular formula is C19H24N2O5. The van der Waals surface area contributed by atoms with Crippen LogP contribution in [0.15, 0.2) is 35.6 Å². The van der Waals surface area contributed by atoms with Crippen molar-refractivity contribution < 1.29 is 23.9 Å². The van der Waals surface area contributed by atoms with Gasteiger partial charge in [-0.1, -0.05) is 23.4 Å². The molecule has 0 unspecified atom stereocenters. The lowest BCUT2D eigenvalue weighted by atomic mass is 10.1. The van der Waals surface area contributed by atoms with Gasteiger partial charge in [-0.05, 0) is 39.3 Å². The summed E-state index contributed by atoms with van der Waals surface area (Å²) in [6.45, 7) is 7.38. The van der Waals surface area contributed by atoms with Crippen molar-refractivity contribution >= 4 is 28.7 Å². The molecular weight excluding hydrogens is 336 g/mol. The van der Waals surface area contributed by atoms with Crippen LogP contribution >= 0.6 is 0 Å². The fourth-order valence-electron chi connectivity index (χ4n) is 2.50. The number of fused-ring (bicyclic) bond motifs is 1. The lowest BCUT2D eigenvalue weighted by molar-refractivity contribution is -0.135. The minimum Gasteiger partial charge on any atom is -0.461 e. The number of carbonyl (C=O) groups excluding carboxylic acids is 2. The molecule has 0 saturated carbocycles. The van der Waals surface area contributed by atoms with Gasteiger partial charge in [0.05, 0.1) is 12.1 Å². The van der Waals surface area contributed by atoms with Gasteiger partial charge in [-0.2, -0.15) is 0 Å². The fraction of sp³-hybridized carbons (Fsp3) is 0.421. The van der Waals surface area contributed by atoms with Gasteiger partial charge in [0.15, 0.2) is 5.71 Å². The largest absolute Gasteiger partial charge is 0.461 e. The number of hydrogen-bond acceptors (Lipinski definition) is 6. The lowest BCUT2D eigenvalue weighted by Gasteiger charge is -2.19. The zero-order chi connectivity index (χ0) is 19.3. The minimum atomic E-state index is -0.615. The van der Waals surface area contributed by atoms with E-state index in [0.717, 1.165) is 10.9 Å². The molecule has 2 aromatic rings. The molecule has 0 spiro atoms. The van der Waals surface area contributed by atoms with E-state index in [4.69, 9.17) is 14.3 Å². The first-order chi connectivity index (χ1) is 12.3. The van der Waals surface area contributed by atoms with Crippen LogP contribution in [0, 0.1) is 0 Å². The van der Waals surface area contributed by atoms with Gasteiger partial charge in [0, 0.05) is 18.0 Å². The van der Waals surface area contributed by atoms with Crippen LogP contribution in [-0.4, -0.2) is 41.7 Å². The van der Waals surface area contributed by atoms with E-state index in [0.29, 0.717) is 5.52 Å². The first kappa shape index (κ1) is 19.5. The van der Waals surface area contributed by atoms with Crippen LogP contribution in [-0.2, 0) is 25.5 Å². The van der Waals surface area contributed by atoms with E-state index in [-0.39, 0.29) is 18.7 Å². The normalized spacial score (nSPS) is 12.1. The first-order valence-electron chi connectivity index (χ1n) is 8.36. The number of hydrogen-bond donors (Lipinski definition) is 0. The summed E-state index contributed by atoms with van der Waals surface area (Å²) in [5.41, 5.74) is 0.949. The Balaban J connectivity index is 2.44. The van der Waals surface area contributed by atoms with Crippen LogP contribution in [0.3, 0.4) is 0 Å². The number of nitrogens with zero attached hydrogens (tertiary/aromatic N) is 2. The van der Waals surface area contributed by atoms with Gasteiger partial charge in [0.2, 0.25) is 0 Å². The van der Waals surface area contributed by atoms with Crippen LogP contribution in [0.4, 0.5) is 4.79 Å². The number of ether oxygens (including phenoxy) is 2. The molecule has 0 atom stereocenters. The number of rotatable bonds is 5. The number of esters is 1. The predicted octanol–water partition coefficient (Wildman–Crippen LogP) is 3.53. The summed E-state index contributed by atoms with van der Waals surface area (Å²) in [5, 5.41) is 4.60. The van der Waals surface area contributed by atoms with Gasteiger partial charge in [0.25, 0.3) is 0 Å². The van der Waals surface area contributed by atoms with Crippen LogP contribution in [0.25, 0.3) is 10.9 Å². The molecule has 1 aromatic carbocycles. The maximum absolute atomic E-state index is 12.5. The van der Waals surface area contributed by atoms with E-state index in [1.54, 1.807) is 13.1 Å². The number of aromatic nitrogens is 1. The average molecular weight is 360 g/mol. The predicted molar refractivity (Wildman–Crippen MR) is 98.4 cm³/mol. The summed E-state index contributed by atoms with van der Waals surface area (Å²) >= 11 is 0. The second-order valence-corrected chi connectivity index (χ2v) is 6.64. The van der Waals surface area contributed by atoms with Crippen molar-refractivity contribution in [2.24, 2.45) is 5.16 Å². The first-order valence-corrected chi connectivity index (χ1v) is 8.36. The summed E-state index contributed by atoms with van der Waals surface area (Å²) in [6.07, 6.45) is 1.34. The molecule has 0 amide bonds. The zero-order valence-electron chi connectivity index (χ0n) is 15.7. The zero-order valence-corrected chi connectivity index (χ0v) is 15.7. The SMILES string of the molecule is CCOC(=O)/C(Cc1cn(C(=O)OC(C)(C)C)c2ccccc12)=N\OC. The van der Waals surface area contributed by atoms with Crippen molar-refractivity contribution in [1.29, 1.82) is 0 Å². The highest BCUT2D eigenvalue weighted by molar-refractivity contribution is 6.37. The van der Waals surface area contributed by atoms with Crippen molar-refractivity contribution in [1.82, 2.24) is 4.57 Å². The average Bonchev–Trinajstić information content (AvgIpc) is 2.92. The van der Waals surface area contributed by atoms with Gasteiger partial charge in [-0.25, -0.2) is 9.59 Å². The topological polar surface area (TPSA) is 79.1 Å². The van der Waals surface area contributed by atoms with Gasteiger partial charge in [-0.15, -0.1) is 0 Å². The van der Waals surface area contributed by atoms with E-state index in [9.17, 15) is 9.59 Å². The number of benzene rings is 1. The second kappa shape index (κ2) is 8.03. The van der Waals surface area contributed by atoms with Crippen LogP contribution in [0.2, 0.25) is 0 Å². The fourth-order valence-corrected chi connectivity index (χ4v) is 2.50. The molecule has 1 aromatic heterocycles. The molecule has 0 aliphatic heterocycles. The molecule has 0 N–H and O–H groups in total. The number of carbonyl (C=O) groups is 2. The Labute approximate surface area is 152 Å². The third-order valence-corrected chi connectivity index (χ3v) is 3.46. The maximum atomic E-state index is 12.5. The smallest absolute Gasteiger partial charge is 0.419 e. The van der Waals surface area contributed by atoms with Crippen molar-refractivity contribution in [3.8, 4) is 0 Å². The Kier molecular flexibility index (Phi) is 6.02. The van der Waals surface area contributed by atoms with E-state index in [1.165, 1.54) is 11.7 Å². The molecule has 0 bridgehead atoms. The third kappa shape index (κ3) is 4.62. The van der Waals surface area contributed by atoms with E-state index < -0.39 is 17.7 Å². The Bertz CT molecular complexity index is 830. The van der Waals surface area contributed by atoms with E-state index >= 15 is 0 Å². The highest BCUT2D eigenvalue weighted by atomic mass is 16.6. The molecule has 0 aliphatic rings. The molecule has 2 rings (SSSR count). The summed E-state index contributed by atoms with van der Waals surface area (Å²) in [7, 11) is 1.36. The molecule has 0 radical (unpaired) electrons. The summed E-state index contributed by atoms with van der Waals surface area (Å²) in [4.78, 5) is 29.4. The Hall–Kier alpha value is -2.83. The monoisotopic (exact) mass is 360 g/mol. The molecule has 140 valence electrons.